The molecule has 0 saturated heterocycles. The first-order chi connectivity index (χ1) is 8.51. The molecular formula is C18H26. The van der Waals surface area contributed by atoms with E-state index >= 15 is 0 Å². The van der Waals surface area contributed by atoms with Crippen LogP contribution in [0.4, 0.5) is 0 Å². The van der Waals surface area contributed by atoms with Crippen LogP contribution in [0, 0.1) is 0 Å². The van der Waals surface area contributed by atoms with Crippen molar-refractivity contribution in [3.8, 4) is 0 Å². The Kier molecular flexibility index (Phi) is 7.78. The van der Waals surface area contributed by atoms with Gasteiger partial charge in [0.1, 0.15) is 0 Å². The molecule has 0 aromatic carbocycles. The molecule has 98 valence electrons. The minimum absolute atomic E-state index is 0.957. The van der Waals surface area contributed by atoms with Crippen LogP contribution < -0.4 is 0 Å². The highest BCUT2D eigenvalue weighted by Crippen LogP contribution is 2.27. The first-order valence-corrected chi connectivity index (χ1v) is 6.53. The summed E-state index contributed by atoms with van der Waals surface area (Å²) in [6.07, 6.45) is 9.94. The van der Waals surface area contributed by atoms with E-state index in [1.807, 2.05) is 12.2 Å². The highest BCUT2D eigenvalue weighted by atomic mass is 14.1. The summed E-state index contributed by atoms with van der Waals surface area (Å²) in [6, 6.07) is 0. The van der Waals surface area contributed by atoms with Gasteiger partial charge >= 0.3 is 0 Å². The summed E-state index contributed by atoms with van der Waals surface area (Å²) in [5, 5.41) is 0. The quantitative estimate of drug-likeness (QED) is 0.486. The monoisotopic (exact) mass is 242 g/mol. The van der Waals surface area contributed by atoms with Gasteiger partial charge in [-0.05, 0) is 49.0 Å². The van der Waals surface area contributed by atoms with Crippen molar-refractivity contribution in [2.45, 2.75) is 40.5 Å². The predicted octanol–water partition coefficient (Wildman–Crippen LogP) is 5.92. The number of hydrogen-bond donors (Lipinski definition) is 0. The van der Waals surface area contributed by atoms with Gasteiger partial charge in [-0.15, -0.1) is 0 Å². The molecule has 0 unspecified atom stereocenters. The van der Waals surface area contributed by atoms with E-state index in [0.717, 1.165) is 18.4 Å². The van der Waals surface area contributed by atoms with Gasteiger partial charge in [0.15, 0.2) is 0 Å². The normalized spacial score (nSPS) is 12.6. The number of rotatable bonds is 7. The molecule has 0 aromatic heterocycles. The minimum atomic E-state index is 0.957. The fraction of sp³-hybridized carbons (Fsp3) is 0.333. The highest BCUT2D eigenvalue weighted by molar-refractivity contribution is 5.53. The van der Waals surface area contributed by atoms with Gasteiger partial charge in [-0.2, -0.15) is 0 Å². The summed E-state index contributed by atoms with van der Waals surface area (Å²) >= 11 is 0. The lowest BCUT2D eigenvalue weighted by Gasteiger charge is -2.15. The maximum Gasteiger partial charge on any atom is -0.0188 e. The summed E-state index contributed by atoms with van der Waals surface area (Å²) in [5.74, 6) is 0. The van der Waals surface area contributed by atoms with Crippen LogP contribution in [0.5, 0.6) is 0 Å². The molecule has 0 aliphatic carbocycles. The second-order valence-electron chi connectivity index (χ2n) is 4.48. The molecule has 0 heteroatoms. The van der Waals surface area contributed by atoms with Gasteiger partial charge in [0.25, 0.3) is 0 Å². The third-order valence-corrected chi connectivity index (χ3v) is 2.79. The van der Waals surface area contributed by atoms with Crippen molar-refractivity contribution in [1.82, 2.24) is 0 Å². The molecule has 18 heavy (non-hydrogen) atoms. The van der Waals surface area contributed by atoms with Crippen LogP contribution >= 0.6 is 0 Å². The molecule has 0 N–H and O–H groups in total. The van der Waals surface area contributed by atoms with Crippen molar-refractivity contribution in [3.63, 3.8) is 0 Å². The molecule has 0 nitrogen and oxygen atoms in total. The van der Waals surface area contributed by atoms with E-state index in [1.54, 1.807) is 0 Å². The molecule has 0 rings (SSSR count). The average molecular weight is 242 g/mol. The highest BCUT2D eigenvalue weighted by Gasteiger charge is 2.08. The second-order valence-corrected chi connectivity index (χ2v) is 4.48. The summed E-state index contributed by atoms with van der Waals surface area (Å²) in [5.41, 5.74) is 6.13. The third-order valence-electron chi connectivity index (χ3n) is 2.79. The Labute approximate surface area is 113 Å². The van der Waals surface area contributed by atoms with Gasteiger partial charge in [-0.3, -0.25) is 0 Å². The fourth-order valence-electron chi connectivity index (χ4n) is 1.92. The molecule has 0 fully saturated rings. The largest absolute Gasteiger partial charge is 0.0991 e. The lowest BCUT2D eigenvalue weighted by atomic mass is 9.90. The zero-order valence-electron chi connectivity index (χ0n) is 12.3. The van der Waals surface area contributed by atoms with E-state index in [4.69, 9.17) is 0 Å². The van der Waals surface area contributed by atoms with Crippen molar-refractivity contribution in [2.75, 3.05) is 0 Å². The van der Waals surface area contributed by atoms with Crippen molar-refractivity contribution in [3.05, 3.63) is 71.9 Å². The third kappa shape index (κ3) is 4.75. The van der Waals surface area contributed by atoms with E-state index in [9.17, 15) is 0 Å². The Bertz CT molecular complexity index is 407. The molecule has 0 aliphatic heterocycles. The van der Waals surface area contributed by atoms with E-state index in [0.29, 0.717) is 0 Å². The number of hydrogen-bond acceptors (Lipinski definition) is 0. The Morgan fingerprint density at radius 1 is 1.06 bits per heavy atom. The average Bonchev–Trinajstić information content (AvgIpc) is 2.34. The smallest absolute Gasteiger partial charge is 0.0188 e. The van der Waals surface area contributed by atoms with Gasteiger partial charge in [-0.25, -0.2) is 0 Å². The zero-order chi connectivity index (χ0) is 14.1. The lowest BCUT2D eigenvalue weighted by Crippen LogP contribution is -1.95. The minimum Gasteiger partial charge on any atom is -0.0991 e. The Morgan fingerprint density at radius 2 is 1.67 bits per heavy atom. The van der Waals surface area contributed by atoms with Crippen molar-refractivity contribution in [2.24, 2.45) is 0 Å². The van der Waals surface area contributed by atoms with E-state index < -0.39 is 0 Å². The van der Waals surface area contributed by atoms with Gasteiger partial charge in [0.05, 0.1) is 0 Å². The topological polar surface area (TPSA) is 0 Å². The molecule has 0 radical (unpaired) electrons. The Morgan fingerprint density at radius 3 is 2.00 bits per heavy atom. The van der Waals surface area contributed by atoms with Gasteiger partial charge < -0.3 is 0 Å². The van der Waals surface area contributed by atoms with Crippen LogP contribution in [0.1, 0.15) is 40.5 Å². The number of allylic oxidation sites excluding steroid dienone is 9. The standard InChI is InChI=1S/C18H26/c1-8-12-16(10-3)18(13-14(5)6)17(11-4)15(7)9-2/h8-9,12-13H,1-2,7,10-11H2,3-6H3/b16-12-,18-17+. The molecule has 0 heterocycles. The van der Waals surface area contributed by atoms with Crippen LogP contribution in [0.15, 0.2) is 71.9 Å². The fourth-order valence-corrected chi connectivity index (χ4v) is 1.92. The maximum absolute atomic E-state index is 4.09. The first-order valence-electron chi connectivity index (χ1n) is 6.53. The molecule has 0 aromatic rings. The zero-order valence-corrected chi connectivity index (χ0v) is 12.3. The van der Waals surface area contributed by atoms with E-state index in [2.05, 4.69) is 59.6 Å². The molecule has 0 atom stereocenters. The summed E-state index contributed by atoms with van der Waals surface area (Å²) in [6.45, 7) is 20.3. The van der Waals surface area contributed by atoms with Crippen molar-refractivity contribution < 1.29 is 0 Å². The summed E-state index contributed by atoms with van der Waals surface area (Å²) < 4.78 is 0. The second kappa shape index (κ2) is 8.52. The summed E-state index contributed by atoms with van der Waals surface area (Å²) in [7, 11) is 0. The van der Waals surface area contributed by atoms with Crippen LogP contribution in [0.25, 0.3) is 0 Å². The van der Waals surface area contributed by atoms with Crippen molar-refractivity contribution >= 4 is 0 Å². The molecule has 0 amide bonds. The lowest BCUT2D eigenvalue weighted by molar-refractivity contribution is 1.05. The Balaban J connectivity index is 6.01. The van der Waals surface area contributed by atoms with Crippen LogP contribution in [0.3, 0.4) is 0 Å². The van der Waals surface area contributed by atoms with Gasteiger partial charge in [-0.1, -0.05) is 63.5 Å². The van der Waals surface area contributed by atoms with Gasteiger partial charge in [0, 0.05) is 0 Å². The molecular weight excluding hydrogens is 216 g/mol. The molecule has 0 saturated carbocycles. The Hall–Kier alpha value is -1.56. The summed E-state index contributed by atoms with van der Waals surface area (Å²) in [4.78, 5) is 0. The molecule has 0 bridgehead atoms. The maximum atomic E-state index is 4.09. The van der Waals surface area contributed by atoms with Crippen LogP contribution in [0.2, 0.25) is 0 Å². The van der Waals surface area contributed by atoms with E-state index in [1.165, 1.54) is 22.3 Å². The van der Waals surface area contributed by atoms with Crippen LogP contribution in [-0.2, 0) is 0 Å². The van der Waals surface area contributed by atoms with Gasteiger partial charge in [0.2, 0.25) is 0 Å². The SMILES string of the molecule is C=C/C=C(CC)\C(C=C(C)C)=C(/CC)C(=C)C=C. The molecule has 0 spiro atoms. The van der Waals surface area contributed by atoms with Crippen molar-refractivity contribution in [1.29, 1.82) is 0 Å². The van der Waals surface area contributed by atoms with E-state index in [-0.39, 0.29) is 0 Å². The van der Waals surface area contributed by atoms with Crippen LogP contribution in [-0.4, -0.2) is 0 Å². The first kappa shape index (κ1) is 16.4. The molecule has 0 aliphatic rings. The predicted molar refractivity (Wildman–Crippen MR) is 84.7 cm³/mol.